The molecule has 0 atom stereocenters. The number of carbonyl (C=O) groups is 1. The normalized spacial score (nSPS) is 13.2. The number of nitrogens with one attached hydrogen (secondary N) is 1. The Morgan fingerprint density at radius 1 is 1.00 bits per heavy atom. The van der Waals surface area contributed by atoms with Crippen molar-refractivity contribution in [3.05, 3.63) is 94.5 Å². The van der Waals surface area contributed by atoms with Crippen LogP contribution in [-0.4, -0.2) is 20.9 Å². The van der Waals surface area contributed by atoms with E-state index in [-0.39, 0.29) is 10.8 Å². The van der Waals surface area contributed by atoms with Gasteiger partial charge in [-0.3, -0.25) is 9.10 Å². The van der Waals surface area contributed by atoms with Crippen molar-refractivity contribution in [2.75, 3.05) is 10.8 Å². The second kappa shape index (κ2) is 7.89. The van der Waals surface area contributed by atoms with E-state index in [0.29, 0.717) is 35.8 Å². The Hall–Kier alpha value is -2.83. The first kappa shape index (κ1) is 19.5. The van der Waals surface area contributed by atoms with Gasteiger partial charge in [0.05, 0.1) is 10.6 Å². The first-order valence-corrected chi connectivity index (χ1v) is 11.0. The van der Waals surface area contributed by atoms with Gasteiger partial charge in [-0.15, -0.1) is 0 Å². The average Bonchev–Trinajstić information content (AvgIpc) is 3.17. The predicted molar refractivity (Wildman–Crippen MR) is 114 cm³/mol. The van der Waals surface area contributed by atoms with E-state index in [9.17, 15) is 13.2 Å². The topological polar surface area (TPSA) is 66.5 Å². The van der Waals surface area contributed by atoms with Crippen LogP contribution in [0.3, 0.4) is 0 Å². The lowest BCUT2D eigenvalue weighted by molar-refractivity contribution is 0.0951. The third kappa shape index (κ3) is 3.99. The van der Waals surface area contributed by atoms with Gasteiger partial charge in [-0.05, 0) is 60.0 Å². The molecule has 0 aliphatic carbocycles. The number of nitrogens with zero attached hydrogens (tertiary/aromatic N) is 1. The zero-order valence-corrected chi connectivity index (χ0v) is 17.1. The van der Waals surface area contributed by atoms with E-state index in [1.165, 1.54) is 16.4 Å². The largest absolute Gasteiger partial charge is 0.348 e. The molecule has 7 heteroatoms. The van der Waals surface area contributed by atoms with Crippen LogP contribution in [0, 0.1) is 0 Å². The molecule has 1 aliphatic rings. The Kier molecular flexibility index (Phi) is 5.30. The Balaban J connectivity index is 1.53. The van der Waals surface area contributed by atoms with Gasteiger partial charge in [0.1, 0.15) is 0 Å². The molecule has 148 valence electrons. The van der Waals surface area contributed by atoms with E-state index in [2.05, 4.69) is 5.32 Å². The molecule has 0 aromatic heterocycles. The van der Waals surface area contributed by atoms with Crippen molar-refractivity contribution in [3.63, 3.8) is 0 Å². The molecule has 4 rings (SSSR count). The Labute approximate surface area is 175 Å². The van der Waals surface area contributed by atoms with Gasteiger partial charge in [-0.1, -0.05) is 41.9 Å². The lowest BCUT2D eigenvalue weighted by Crippen LogP contribution is -2.29. The summed E-state index contributed by atoms with van der Waals surface area (Å²) in [5, 5.41) is 3.38. The summed E-state index contributed by atoms with van der Waals surface area (Å²) in [7, 11) is -3.67. The number of sulfonamides is 1. The highest BCUT2D eigenvalue weighted by molar-refractivity contribution is 7.92. The van der Waals surface area contributed by atoms with Gasteiger partial charge in [0.25, 0.3) is 15.9 Å². The number of rotatable bonds is 5. The van der Waals surface area contributed by atoms with Gasteiger partial charge in [0, 0.05) is 23.7 Å². The summed E-state index contributed by atoms with van der Waals surface area (Å²) in [6.45, 7) is 0.781. The van der Waals surface area contributed by atoms with Crippen molar-refractivity contribution in [1.29, 1.82) is 0 Å². The molecule has 3 aromatic carbocycles. The molecular formula is C22H19ClN2O3S. The van der Waals surface area contributed by atoms with Crippen LogP contribution in [0.25, 0.3) is 0 Å². The molecule has 0 spiro atoms. The van der Waals surface area contributed by atoms with Crippen molar-refractivity contribution in [2.45, 2.75) is 17.9 Å². The molecule has 0 bridgehead atoms. The van der Waals surface area contributed by atoms with E-state index in [4.69, 9.17) is 11.6 Å². The number of amides is 1. The zero-order chi connectivity index (χ0) is 20.4. The monoisotopic (exact) mass is 426 g/mol. The highest BCUT2D eigenvalue weighted by atomic mass is 35.5. The third-order valence-corrected chi connectivity index (χ3v) is 6.97. The fraction of sp³-hybridized carbons (Fsp3) is 0.136. The summed E-state index contributed by atoms with van der Waals surface area (Å²) in [6.07, 6.45) is 0.557. The Bertz CT molecular complexity index is 1150. The number of anilines is 1. The van der Waals surface area contributed by atoms with E-state index in [0.717, 1.165) is 11.1 Å². The van der Waals surface area contributed by atoms with Gasteiger partial charge in [0.2, 0.25) is 0 Å². The van der Waals surface area contributed by atoms with Gasteiger partial charge in [-0.2, -0.15) is 0 Å². The number of hydrogen-bond donors (Lipinski definition) is 1. The van der Waals surface area contributed by atoms with Crippen molar-refractivity contribution < 1.29 is 13.2 Å². The molecule has 0 saturated heterocycles. The number of halogens is 1. The first-order valence-electron chi connectivity index (χ1n) is 9.18. The van der Waals surface area contributed by atoms with Gasteiger partial charge in [-0.25, -0.2) is 8.42 Å². The highest BCUT2D eigenvalue weighted by Gasteiger charge is 2.31. The maximum Gasteiger partial charge on any atom is 0.264 e. The molecule has 5 nitrogen and oxygen atoms in total. The van der Waals surface area contributed by atoms with Crippen molar-refractivity contribution in [2.24, 2.45) is 0 Å². The molecule has 29 heavy (non-hydrogen) atoms. The van der Waals surface area contributed by atoms with E-state index in [1.807, 2.05) is 30.3 Å². The minimum absolute atomic E-state index is 0.185. The van der Waals surface area contributed by atoms with Crippen LogP contribution in [0.15, 0.2) is 77.7 Å². The molecule has 0 unspecified atom stereocenters. The fourth-order valence-electron chi connectivity index (χ4n) is 3.38. The van der Waals surface area contributed by atoms with Gasteiger partial charge >= 0.3 is 0 Å². The van der Waals surface area contributed by atoms with Crippen molar-refractivity contribution >= 4 is 33.2 Å². The van der Waals surface area contributed by atoms with E-state index >= 15 is 0 Å². The summed E-state index contributed by atoms with van der Waals surface area (Å²) < 4.78 is 27.4. The van der Waals surface area contributed by atoms with Gasteiger partial charge in [0.15, 0.2) is 0 Å². The zero-order valence-electron chi connectivity index (χ0n) is 15.5. The van der Waals surface area contributed by atoms with Crippen molar-refractivity contribution in [3.8, 4) is 0 Å². The number of benzene rings is 3. The minimum Gasteiger partial charge on any atom is -0.348 e. The Morgan fingerprint density at radius 2 is 1.72 bits per heavy atom. The maximum absolute atomic E-state index is 13.0. The molecule has 1 N–H and O–H groups in total. The van der Waals surface area contributed by atoms with E-state index < -0.39 is 10.0 Å². The number of hydrogen-bond acceptors (Lipinski definition) is 3. The minimum atomic E-state index is -3.67. The SMILES string of the molecule is O=C(NCc1ccccc1)c1ccc2c(c1)CCN2S(=O)(=O)c1ccc(Cl)cc1. The van der Waals surface area contributed by atoms with Crippen LogP contribution in [0.4, 0.5) is 5.69 Å². The average molecular weight is 427 g/mol. The van der Waals surface area contributed by atoms with Crippen LogP contribution in [0.2, 0.25) is 5.02 Å². The molecule has 1 amide bonds. The van der Waals surface area contributed by atoms with Crippen LogP contribution >= 0.6 is 11.6 Å². The fourth-order valence-corrected chi connectivity index (χ4v) is 5.01. The lowest BCUT2D eigenvalue weighted by atomic mass is 10.1. The standard InChI is InChI=1S/C22H19ClN2O3S/c23-19-7-9-20(10-8-19)29(27,28)25-13-12-17-14-18(6-11-21(17)25)22(26)24-15-16-4-2-1-3-5-16/h1-11,14H,12-13,15H2,(H,24,26). The highest BCUT2D eigenvalue weighted by Crippen LogP contribution is 2.33. The molecule has 0 saturated carbocycles. The maximum atomic E-state index is 13.0. The number of carbonyl (C=O) groups excluding carboxylic acids is 1. The third-order valence-electron chi connectivity index (χ3n) is 4.89. The van der Waals surface area contributed by atoms with Crippen LogP contribution in [0.5, 0.6) is 0 Å². The molecule has 3 aromatic rings. The van der Waals surface area contributed by atoms with E-state index in [1.54, 1.807) is 30.3 Å². The summed E-state index contributed by atoms with van der Waals surface area (Å²) >= 11 is 5.87. The lowest BCUT2D eigenvalue weighted by Gasteiger charge is -2.19. The van der Waals surface area contributed by atoms with Crippen molar-refractivity contribution in [1.82, 2.24) is 5.32 Å². The molecule has 1 heterocycles. The molecule has 1 aliphatic heterocycles. The summed E-state index contributed by atoms with van der Waals surface area (Å²) in [5.41, 5.74) is 2.99. The van der Waals surface area contributed by atoms with Crippen LogP contribution < -0.4 is 9.62 Å². The molecule has 0 fully saturated rings. The number of fused-ring (bicyclic) bond motifs is 1. The van der Waals surface area contributed by atoms with Crippen LogP contribution in [0.1, 0.15) is 21.5 Å². The summed E-state index contributed by atoms with van der Waals surface area (Å²) in [4.78, 5) is 12.7. The quantitative estimate of drug-likeness (QED) is 0.670. The second-order valence-corrected chi connectivity index (χ2v) is 9.09. The smallest absolute Gasteiger partial charge is 0.264 e. The predicted octanol–water partition coefficient (Wildman–Crippen LogP) is 4.02. The Morgan fingerprint density at radius 3 is 2.45 bits per heavy atom. The molecular weight excluding hydrogens is 408 g/mol. The van der Waals surface area contributed by atoms with Gasteiger partial charge < -0.3 is 5.32 Å². The molecule has 0 radical (unpaired) electrons. The first-order chi connectivity index (χ1) is 13.9. The summed E-state index contributed by atoms with van der Waals surface area (Å²) in [6, 6.07) is 20.9. The van der Waals surface area contributed by atoms with Crippen LogP contribution in [-0.2, 0) is 23.0 Å². The second-order valence-electron chi connectivity index (χ2n) is 6.79. The summed E-state index contributed by atoms with van der Waals surface area (Å²) in [5.74, 6) is -0.185.